The summed E-state index contributed by atoms with van der Waals surface area (Å²) >= 11 is 0. The first-order valence-corrected chi connectivity index (χ1v) is 6.43. The molecule has 0 saturated carbocycles. The van der Waals surface area contributed by atoms with E-state index in [1.807, 2.05) is 0 Å². The molecule has 2 rings (SSSR count). The Kier molecular flexibility index (Phi) is 4.03. The van der Waals surface area contributed by atoms with E-state index >= 15 is 0 Å². The predicted molar refractivity (Wildman–Crippen MR) is 79.1 cm³/mol. The smallest absolute Gasteiger partial charge is 0.272 e. The van der Waals surface area contributed by atoms with Crippen LogP contribution >= 0.6 is 0 Å². The topological polar surface area (TPSA) is 69.4 Å². The van der Waals surface area contributed by atoms with E-state index in [1.165, 1.54) is 13.0 Å². The van der Waals surface area contributed by atoms with Crippen molar-refractivity contribution in [3.05, 3.63) is 63.2 Å². The van der Waals surface area contributed by atoms with Gasteiger partial charge in [-0.15, -0.1) is 0 Å². The second-order valence-electron chi connectivity index (χ2n) is 4.84. The first kappa shape index (κ1) is 14.7. The molecule has 2 aromatic carbocycles. The van der Waals surface area contributed by atoms with Gasteiger partial charge in [0, 0.05) is 17.2 Å². The van der Waals surface area contributed by atoms with Gasteiger partial charge in [0.25, 0.3) is 5.69 Å². The zero-order valence-corrected chi connectivity index (χ0v) is 12.0. The number of benzene rings is 2. The molecule has 0 N–H and O–H groups in total. The molecular formula is C16H15NO4. The lowest BCUT2D eigenvalue weighted by atomic mass is 10.1. The summed E-state index contributed by atoms with van der Waals surface area (Å²) in [6, 6.07) is 9.91. The fourth-order valence-corrected chi connectivity index (χ4v) is 1.97. The summed E-state index contributed by atoms with van der Waals surface area (Å²) < 4.78 is 5.73. The van der Waals surface area contributed by atoms with Crippen LogP contribution in [0.3, 0.4) is 0 Å². The third-order valence-electron chi connectivity index (χ3n) is 3.18. The molecule has 108 valence electrons. The predicted octanol–water partition coefficient (Wildman–Crippen LogP) is 4.21. The molecule has 0 spiro atoms. The van der Waals surface area contributed by atoms with Gasteiger partial charge in [-0.2, -0.15) is 0 Å². The second-order valence-corrected chi connectivity index (χ2v) is 4.84. The van der Waals surface area contributed by atoms with E-state index in [1.54, 1.807) is 44.2 Å². The summed E-state index contributed by atoms with van der Waals surface area (Å²) in [4.78, 5) is 21.7. The second kappa shape index (κ2) is 5.75. The van der Waals surface area contributed by atoms with Gasteiger partial charge in [0.1, 0.15) is 11.5 Å². The molecule has 2 aromatic rings. The van der Waals surface area contributed by atoms with Gasteiger partial charge in [-0.05, 0) is 56.7 Å². The fourth-order valence-electron chi connectivity index (χ4n) is 1.97. The van der Waals surface area contributed by atoms with Gasteiger partial charge in [0.15, 0.2) is 5.78 Å². The SMILES string of the molecule is CC(=O)c1ccc(Oc2cc(C)c([N+](=O)[O-])cc2C)cc1. The lowest BCUT2D eigenvalue weighted by Gasteiger charge is -2.10. The molecule has 0 heterocycles. The lowest BCUT2D eigenvalue weighted by Crippen LogP contribution is -1.96. The van der Waals surface area contributed by atoms with E-state index in [-0.39, 0.29) is 11.5 Å². The monoisotopic (exact) mass is 285 g/mol. The van der Waals surface area contributed by atoms with Crippen molar-refractivity contribution < 1.29 is 14.5 Å². The van der Waals surface area contributed by atoms with Crippen molar-refractivity contribution in [2.24, 2.45) is 0 Å². The quantitative estimate of drug-likeness (QED) is 0.479. The van der Waals surface area contributed by atoms with E-state index in [2.05, 4.69) is 0 Å². The van der Waals surface area contributed by atoms with Gasteiger partial charge in [-0.25, -0.2) is 0 Å². The Morgan fingerprint density at radius 1 is 1.10 bits per heavy atom. The van der Waals surface area contributed by atoms with Crippen LogP contribution < -0.4 is 4.74 Å². The number of aryl methyl sites for hydroxylation is 2. The molecule has 0 aliphatic heterocycles. The first-order chi connectivity index (χ1) is 9.88. The number of ether oxygens (including phenoxy) is 1. The zero-order chi connectivity index (χ0) is 15.6. The molecule has 0 amide bonds. The number of carbonyl (C=O) groups excluding carboxylic acids is 1. The molecule has 0 atom stereocenters. The third-order valence-corrected chi connectivity index (χ3v) is 3.18. The molecule has 21 heavy (non-hydrogen) atoms. The van der Waals surface area contributed by atoms with Crippen molar-refractivity contribution in [2.45, 2.75) is 20.8 Å². The number of ketones is 1. The number of Topliss-reactive ketones (excluding diaryl/α,β-unsaturated/α-hetero) is 1. The Balaban J connectivity index is 2.29. The minimum atomic E-state index is -0.409. The summed E-state index contributed by atoms with van der Waals surface area (Å²) in [5, 5.41) is 10.9. The Morgan fingerprint density at radius 3 is 2.24 bits per heavy atom. The molecular weight excluding hydrogens is 270 g/mol. The Labute approximate surface area is 122 Å². The van der Waals surface area contributed by atoms with E-state index < -0.39 is 4.92 Å². The van der Waals surface area contributed by atoms with Crippen LogP contribution in [0.2, 0.25) is 0 Å². The number of hydrogen-bond acceptors (Lipinski definition) is 4. The molecule has 0 fully saturated rings. The van der Waals surface area contributed by atoms with Gasteiger partial charge < -0.3 is 4.74 Å². The summed E-state index contributed by atoms with van der Waals surface area (Å²) in [5.74, 6) is 1.13. The van der Waals surface area contributed by atoms with E-state index in [0.29, 0.717) is 28.2 Å². The van der Waals surface area contributed by atoms with E-state index in [0.717, 1.165) is 0 Å². The Morgan fingerprint density at radius 2 is 1.71 bits per heavy atom. The van der Waals surface area contributed by atoms with Crippen molar-refractivity contribution in [3.63, 3.8) is 0 Å². The van der Waals surface area contributed by atoms with Crippen molar-refractivity contribution in [2.75, 3.05) is 0 Å². The fraction of sp³-hybridized carbons (Fsp3) is 0.188. The van der Waals surface area contributed by atoms with Crippen LogP contribution in [0.25, 0.3) is 0 Å². The number of nitro groups is 1. The molecule has 0 bridgehead atoms. The summed E-state index contributed by atoms with van der Waals surface area (Å²) in [7, 11) is 0. The molecule has 0 saturated heterocycles. The van der Waals surface area contributed by atoms with Crippen LogP contribution in [0.1, 0.15) is 28.4 Å². The Hall–Kier alpha value is -2.69. The van der Waals surface area contributed by atoms with Crippen LogP contribution in [0.4, 0.5) is 5.69 Å². The van der Waals surface area contributed by atoms with Crippen molar-refractivity contribution in [3.8, 4) is 11.5 Å². The molecule has 0 unspecified atom stereocenters. The van der Waals surface area contributed by atoms with Gasteiger partial charge >= 0.3 is 0 Å². The average molecular weight is 285 g/mol. The van der Waals surface area contributed by atoms with Crippen LogP contribution in [-0.4, -0.2) is 10.7 Å². The van der Waals surface area contributed by atoms with Gasteiger partial charge in [-0.1, -0.05) is 0 Å². The Bertz CT molecular complexity index is 705. The first-order valence-electron chi connectivity index (χ1n) is 6.43. The van der Waals surface area contributed by atoms with Gasteiger partial charge in [-0.3, -0.25) is 14.9 Å². The number of hydrogen-bond donors (Lipinski definition) is 0. The highest BCUT2D eigenvalue weighted by molar-refractivity contribution is 5.94. The van der Waals surface area contributed by atoms with Crippen LogP contribution in [0.15, 0.2) is 36.4 Å². The number of nitrogens with zero attached hydrogens (tertiary/aromatic N) is 1. The summed E-state index contributed by atoms with van der Waals surface area (Å²) in [6.07, 6.45) is 0. The van der Waals surface area contributed by atoms with Crippen molar-refractivity contribution >= 4 is 11.5 Å². The van der Waals surface area contributed by atoms with Crippen LogP contribution in [0, 0.1) is 24.0 Å². The van der Waals surface area contributed by atoms with E-state index in [9.17, 15) is 14.9 Å². The van der Waals surface area contributed by atoms with Gasteiger partial charge in [0.05, 0.1) is 4.92 Å². The normalized spacial score (nSPS) is 10.2. The lowest BCUT2D eigenvalue weighted by molar-refractivity contribution is -0.385. The summed E-state index contributed by atoms with van der Waals surface area (Å²) in [6.45, 7) is 4.93. The van der Waals surface area contributed by atoms with Crippen molar-refractivity contribution in [1.82, 2.24) is 0 Å². The van der Waals surface area contributed by atoms with E-state index in [4.69, 9.17) is 4.74 Å². The maximum Gasteiger partial charge on any atom is 0.272 e. The largest absolute Gasteiger partial charge is 0.457 e. The standard InChI is InChI=1S/C16H15NO4/c1-10-9-16(11(2)8-15(10)17(19)20)21-14-6-4-13(5-7-14)12(3)18/h4-9H,1-3H3. The molecule has 0 aliphatic carbocycles. The number of nitro benzene ring substituents is 1. The minimum absolute atomic E-state index is 0.0103. The molecule has 5 heteroatoms. The average Bonchev–Trinajstić information content (AvgIpc) is 2.42. The number of rotatable bonds is 4. The minimum Gasteiger partial charge on any atom is -0.457 e. The molecule has 5 nitrogen and oxygen atoms in total. The van der Waals surface area contributed by atoms with Gasteiger partial charge in [0.2, 0.25) is 0 Å². The third kappa shape index (κ3) is 3.25. The zero-order valence-electron chi connectivity index (χ0n) is 12.0. The molecule has 0 aromatic heterocycles. The number of carbonyl (C=O) groups is 1. The molecule has 0 radical (unpaired) electrons. The highest BCUT2D eigenvalue weighted by atomic mass is 16.6. The summed E-state index contributed by atoms with van der Waals surface area (Å²) in [5.41, 5.74) is 1.91. The maximum atomic E-state index is 11.2. The van der Waals surface area contributed by atoms with Crippen LogP contribution in [-0.2, 0) is 0 Å². The highest BCUT2D eigenvalue weighted by Gasteiger charge is 2.14. The molecule has 0 aliphatic rings. The highest BCUT2D eigenvalue weighted by Crippen LogP contribution is 2.31. The van der Waals surface area contributed by atoms with Crippen LogP contribution in [0.5, 0.6) is 11.5 Å². The maximum absolute atomic E-state index is 11.2. The van der Waals surface area contributed by atoms with Crippen molar-refractivity contribution in [1.29, 1.82) is 0 Å².